The number of carbonyl (C=O) groups excluding carboxylic acids is 3. The van der Waals surface area contributed by atoms with Crippen LogP contribution in [-0.2, 0) is 17.8 Å². The first-order chi connectivity index (χ1) is 17.1. The van der Waals surface area contributed by atoms with Crippen LogP contribution < -0.4 is 4.74 Å². The Morgan fingerprint density at radius 1 is 1.06 bits per heavy atom. The van der Waals surface area contributed by atoms with Crippen LogP contribution in [0.1, 0.15) is 61.9 Å². The Balaban J connectivity index is 2.07. The fourth-order valence-electron chi connectivity index (χ4n) is 4.46. The van der Waals surface area contributed by atoms with Crippen LogP contribution in [0.2, 0.25) is 0 Å². The summed E-state index contributed by atoms with van der Waals surface area (Å²) >= 11 is 0. The zero-order chi connectivity index (χ0) is 26.6. The van der Waals surface area contributed by atoms with Crippen molar-refractivity contribution in [3.8, 4) is 5.75 Å². The van der Waals surface area contributed by atoms with Crippen LogP contribution in [0.15, 0.2) is 48.5 Å². The normalized spacial score (nSPS) is 11.6. The maximum Gasteiger partial charge on any atom is 0.354 e. The minimum atomic E-state index is -0.885. The summed E-state index contributed by atoms with van der Waals surface area (Å²) in [6, 6.07) is 11.6. The molecule has 0 saturated carbocycles. The lowest BCUT2D eigenvalue weighted by atomic mass is 9.98. The van der Waals surface area contributed by atoms with E-state index in [1.54, 1.807) is 61.7 Å². The van der Waals surface area contributed by atoms with E-state index in [0.29, 0.717) is 45.9 Å². The van der Waals surface area contributed by atoms with Crippen molar-refractivity contribution >= 4 is 17.7 Å². The molecule has 3 aromatic rings. The van der Waals surface area contributed by atoms with E-state index in [2.05, 4.69) is 0 Å². The topological polar surface area (TPSA) is 77.8 Å². The van der Waals surface area contributed by atoms with Gasteiger partial charge in [-0.25, -0.2) is 9.18 Å². The van der Waals surface area contributed by atoms with Crippen molar-refractivity contribution in [3.05, 3.63) is 88.0 Å². The number of halogens is 1. The van der Waals surface area contributed by atoms with Crippen LogP contribution in [-0.4, -0.2) is 47.4 Å². The third-order valence-corrected chi connectivity index (χ3v) is 6.40. The van der Waals surface area contributed by atoms with Gasteiger partial charge in [-0.1, -0.05) is 18.2 Å². The molecule has 3 rings (SSSR count). The Hall–Kier alpha value is -3.94. The molecule has 0 fully saturated rings. The highest BCUT2D eigenvalue weighted by atomic mass is 19.1. The van der Waals surface area contributed by atoms with Crippen LogP contribution >= 0.6 is 0 Å². The molecular formula is C28H31FN2O5. The van der Waals surface area contributed by atoms with E-state index in [9.17, 15) is 18.8 Å². The predicted molar refractivity (Wildman–Crippen MR) is 134 cm³/mol. The van der Waals surface area contributed by atoms with Crippen molar-refractivity contribution in [1.29, 1.82) is 0 Å². The zero-order valence-electron chi connectivity index (χ0n) is 21.4. The molecule has 36 heavy (non-hydrogen) atoms. The van der Waals surface area contributed by atoms with Gasteiger partial charge in [-0.05, 0) is 69.2 Å². The van der Waals surface area contributed by atoms with Gasteiger partial charge in [0.25, 0.3) is 5.91 Å². The Labute approximate surface area is 210 Å². The molecule has 1 amide bonds. The molecule has 0 aliphatic heterocycles. The van der Waals surface area contributed by atoms with Crippen LogP contribution in [0, 0.1) is 19.7 Å². The van der Waals surface area contributed by atoms with Gasteiger partial charge < -0.3 is 18.9 Å². The van der Waals surface area contributed by atoms with Crippen molar-refractivity contribution < 1.29 is 28.2 Å². The molecule has 0 radical (unpaired) electrons. The molecular weight excluding hydrogens is 463 g/mol. The van der Waals surface area contributed by atoms with Gasteiger partial charge >= 0.3 is 5.97 Å². The van der Waals surface area contributed by atoms with E-state index < -0.39 is 17.8 Å². The minimum Gasteiger partial charge on any atom is -0.497 e. The lowest BCUT2D eigenvalue weighted by Crippen LogP contribution is -2.43. The third kappa shape index (κ3) is 5.17. The van der Waals surface area contributed by atoms with Crippen molar-refractivity contribution in [2.24, 2.45) is 0 Å². The highest BCUT2D eigenvalue weighted by molar-refractivity contribution is 6.07. The molecule has 2 aromatic carbocycles. The van der Waals surface area contributed by atoms with Crippen molar-refractivity contribution in [3.63, 3.8) is 0 Å². The number of benzene rings is 2. The van der Waals surface area contributed by atoms with Gasteiger partial charge in [0.2, 0.25) is 0 Å². The van der Waals surface area contributed by atoms with Crippen molar-refractivity contribution in [2.75, 3.05) is 14.2 Å². The Kier molecular flexibility index (Phi) is 8.29. The van der Waals surface area contributed by atoms with Crippen molar-refractivity contribution in [1.82, 2.24) is 9.47 Å². The first-order valence-electron chi connectivity index (χ1n) is 11.7. The second kappa shape index (κ2) is 11.2. The van der Waals surface area contributed by atoms with Crippen LogP contribution in [0.25, 0.3) is 0 Å². The van der Waals surface area contributed by atoms with Gasteiger partial charge in [-0.3, -0.25) is 9.59 Å². The highest BCUT2D eigenvalue weighted by Crippen LogP contribution is 2.27. The molecule has 1 aromatic heterocycles. The predicted octanol–water partition coefficient (Wildman–Crippen LogP) is 4.97. The summed E-state index contributed by atoms with van der Waals surface area (Å²) in [5.41, 5.74) is 2.86. The molecule has 190 valence electrons. The molecule has 0 bridgehead atoms. The molecule has 0 N–H and O–H groups in total. The van der Waals surface area contributed by atoms with Crippen molar-refractivity contribution in [2.45, 2.75) is 46.8 Å². The molecule has 0 saturated heterocycles. The molecule has 1 atom stereocenters. The second-order valence-corrected chi connectivity index (χ2v) is 8.50. The Morgan fingerprint density at radius 2 is 1.72 bits per heavy atom. The number of Topliss-reactive ketones (excluding diaryl/α,β-unsaturated/α-hetero) is 1. The van der Waals surface area contributed by atoms with E-state index in [4.69, 9.17) is 9.47 Å². The molecule has 0 unspecified atom stereocenters. The van der Waals surface area contributed by atoms with Crippen LogP contribution in [0.5, 0.6) is 5.75 Å². The molecule has 7 nitrogen and oxygen atoms in total. The Bertz CT molecular complexity index is 1280. The summed E-state index contributed by atoms with van der Waals surface area (Å²) in [5, 5.41) is 0. The molecule has 8 heteroatoms. The summed E-state index contributed by atoms with van der Waals surface area (Å²) in [7, 11) is 2.81. The number of hydrogen-bond acceptors (Lipinski definition) is 5. The SMILES string of the molecule is CCn1c(C)c(C(=O)[C@@H](C)N(Cc2ccc(F)cc2)C(=O)c2cccc(OC)c2)c(C)c1C(=O)OC. The van der Waals surface area contributed by atoms with Gasteiger partial charge in [0.1, 0.15) is 17.3 Å². The van der Waals surface area contributed by atoms with E-state index in [-0.39, 0.29) is 18.2 Å². The smallest absolute Gasteiger partial charge is 0.354 e. The fraction of sp³-hybridized carbons (Fsp3) is 0.321. The zero-order valence-corrected chi connectivity index (χ0v) is 21.4. The largest absolute Gasteiger partial charge is 0.497 e. The summed E-state index contributed by atoms with van der Waals surface area (Å²) in [6.07, 6.45) is 0. The van der Waals surface area contributed by atoms with Gasteiger partial charge in [-0.15, -0.1) is 0 Å². The number of nitrogens with zero attached hydrogens (tertiary/aromatic N) is 2. The van der Waals surface area contributed by atoms with Gasteiger partial charge in [0, 0.05) is 29.9 Å². The number of hydrogen-bond donors (Lipinski definition) is 0. The number of amides is 1. The van der Waals surface area contributed by atoms with Gasteiger partial charge in [0.05, 0.1) is 20.3 Å². The quantitative estimate of drug-likeness (QED) is 0.310. The average Bonchev–Trinajstić information content (AvgIpc) is 3.15. The second-order valence-electron chi connectivity index (χ2n) is 8.50. The molecule has 0 aliphatic carbocycles. The van der Waals surface area contributed by atoms with Crippen LogP contribution in [0.4, 0.5) is 4.39 Å². The Morgan fingerprint density at radius 3 is 2.31 bits per heavy atom. The lowest BCUT2D eigenvalue weighted by Gasteiger charge is -2.29. The number of rotatable bonds is 9. The number of methoxy groups -OCH3 is 2. The summed E-state index contributed by atoms with van der Waals surface area (Å²) < 4.78 is 25.5. The van der Waals surface area contributed by atoms with Crippen LogP contribution in [0.3, 0.4) is 0 Å². The first-order valence-corrected chi connectivity index (χ1v) is 11.7. The highest BCUT2D eigenvalue weighted by Gasteiger charge is 2.33. The fourth-order valence-corrected chi connectivity index (χ4v) is 4.46. The summed E-state index contributed by atoms with van der Waals surface area (Å²) in [6.45, 7) is 7.57. The summed E-state index contributed by atoms with van der Waals surface area (Å²) in [5.74, 6) is -1.09. The van der Waals surface area contributed by atoms with E-state index in [0.717, 1.165) is 0 Å². The average molecular weight is 495 g/mol. The maximum atomic E-state index is 13.9. The molecule has 0 spiro atoms. The molecule has 1 heterocycles. The number of aromatic nitrogens is 1. The van der Waals surface area contributed by atoms with Gasteiger partial charge in [0.15, 0.2) is 5.78 Å². The molecule has 0 aliphatic rings. The number of carbonyl (C=O) groups is 3. The third-order valence-electron chi connectivity index (χ3n) is 6.40. The number of ether oxygens (including phenoxy) is 2. The first kappa shape index (κ1) is 26.7. The maximum absolute atomic E-state index is 13.9. The van der Waals surface area contributed by atoms with E-state index in [1.165, 1.54) is 31.3 Å². The van der Waals surface area contributed by atoms with E-state index in [1.807, 2.05) is 6.92 Å². The summed E-state index contributed by atoms with van der Waals surface area (Å²) in [4.78, 5) is 41.5. The van der Waals surface area contributed by atoms with Gasteiger partial charge in [-0.2, -0.15) is 0 Å². The van der Waals surface area contributed by atoms with E-state index >= 15 is 0 Å². The minimum absolute atomic E-state index is 0.0830. The monoisotopic (exact) mass is 494 g/mol. The lowest BCUT2D eigenvalue weighted by molar-refractivity contribution is 0.0586. The standard InChI is InChI=1S/C28H31FN2O5/c1-7-30-18(3)24(17(2)25(30)28(34)36-6)26(32)19(4)31(16-20-11-13-22(29)14-12-20)27(33)21-9-8-10-23(15-21)35-5/h8-15,19H,7,16H2,1-6H3/t19-/m1/s1. The number of ketones is 1. The number of esters is 1.